The second-order valence-corrected chi connectivity index (χ2v) is 4.83. The molecule has 2 N–H and O–H groups in total. The van der Waals surface area contributed by atoms with Crippen LogP contribution in [0.2, 0.25) is 0 Å². The molecule has 1 aromatic carbocycles. The van der Waals surface area contributed by atoms with Crippen molar-refractivity contribution in [2.24, 2.45) is 0 Å². The Bertz CT molecular complexity index is 490. The van der Waals surface area contributed by atoms with Crippen LogP contribution in [0, 0.1) is 6.92 Å². The van der Waals surface area contributed by atoms with Crippen molar-refractivity contribution in [1.82, 2.24) is 5.32 Å². The minimum absolute atomic E-state index is 0.119. The Morgan fingerprint density at radius 1 is 1.41 bits per heavy atom. The molecule has 0 aromatic heterocycles. The van der Waals surface area contributed by atoms with Gasteiger partial charge < -0.3 is 15.4 Å². The van der Waals surface area contributed by atoms with Crippen molar-refractivity contribution in [2.75, 3.05) is 25.5 Å². The number of methoxy groups -OCH3 is 1. The summed E-state index contributed by atoms with van der Waals surface area (Å²) in [6.45, 7) is 3.62. The van der Waals surface area contributed by atoms with Crippen LogP contribution in [-0.2, 0) is 10.2 Å². The van der Waals surface area contributed by atoms with E-state index in [4.69, 9.17) is 4.74 Å². The Balaban J connectivity index is 2.20. The first-order valence-corrected chi connectivity index (χ1v) is 5.89. The maximum atomic E-state index is 12.2. The number of carbonyl (C=O) groups excluding carboxylic acids is 1. The van der Waals surface area contributed by atoms with Gasteiger partial charge in [0.1, 0.15) is 5.75 Å². The van der Waals surface area contributed by atoms with Gasteiger partial charge in [-0.3, -0.25) is 4.79 Å². The number of nitrogens with one attached hydrogen (secondary N) is 2. The average molecular weight is 232 g/mol. The average Bonchev–Trinajstić information content (AvgIpc) is 2.90. The topological polar surface area (TPSA) is 50.4 Å². The fourth-order valence-corrected chi connectivity index (χ4v) is 2.89. The maximum absolute atomic E-state index is 12.2. The van der Waals surface area contributed by atoms with Crippen LogP contribution < -0.4 is 15.4 Å². The number of ether oxygens (including phenoxy) is 1. The van der Waals surface area contributed by atoms with Crippen LogP contribution in [0.15, 0.2) is 12.1 Å². The number of fused-ring (bicyclic) bond motifs is 2. The van der Waals surface area contributed by atoms with Crippen molar-refractivity contribution in [3.8, 4) is 5.75 Å². The summed E-state index contributed by atoms with van der Waals surface area (Å²) in [5.74, 6) is 0.942. The zero-order valence-corrected chi connectivity index (χ0v) is 10.1. The number of hydrogen-bond acceptors (Lipinski definition) is 3. The normalized spacial score (nSPS) is 26.1. The highest BCUT2D eigenvalue weighted by Gasteiger charge is 2.49. The van der Waals surface area contributed by atoms with Gasteiger partial charge in [0.05, 0.1) is 12.5 Å². The highest BCUT2D eigenvalue weighted by Crippen LogP contribution is 2.45. The van der Waals surface area contributed by atoms with Gasteiger partial charge in [-0.05, 0) is 43.1 Å². The molecule has 1 aromatic rings. The van der Waals surface area contributed by atoms with E-state index in [1.165, 1.54) is 0 Å². The summed E-state index contributed by atoms with van der Waals surface area (Å²) in [5.41, 5.74) is 2.74. The van der Waals surface area contributed by atoms with E-state index in [2.05, 4.69) is 10.6 Å². The van der Waals surface area contributed by atoms with Crippen LogP contribution in [0.5, 0.6) is 5.75 Å². The zero-order valence-electron chi connectivity index (χ0n) is 10.1. The summed E-state index contributed by atoms with van der Waals surface area (Å²) < 4.78 is 5.30. The third-order valence-electron chi connectivity index (χ3n) is 3.89. The lowest BCUT2D eigenvalue weighted by atomic mass is 9.80. The number of rotatable bonds is 1. The summed E-state index contributed by atoms with van der Waals surface area (Å²) >= 11 is 0. The molecule has 90 valence electrons. The molecule has 1 saturated heterocycles. The minimum atomic E-state index is -0.380. The number of anilines is 1. The van der Waals surface area contributed by atoms with Gasteiger partial charge >= 0.3 is 0 Å². The first-order valence-electron chi connectivity index (χ1n) is 5.89. The molecule has 1 unspecified atom stereocenters. The van der Waals surface area contributed by atoms with Gasteiger partial charge in [-0.25, -0.2) is 0 Å². The molecular weight excluding hydrogens is 216 g/mol. The molecule has 1 amide bonds. The lowest BCUT2D eigenvalue weighted by molar-refractivity contribution is -0.120. The number of hydrogen-bond donors (Lipinski definition) is 2. The molecule has 0 bridgehead atoms. The number of carbonyl (C=O) groups is 1. The third-order valence-corrected chi connectivity index (χ3v) is 3.89. The SMILES string of the molecule is COc1cc(C)c2c(c1)C1(CCNC1)C(=O)N2. The van der Waals surface area contributed by atoms with E-state index < -0.39 is 0 Å². The quantitative estimate of drug-likeness (QED) is 0.764. The second kappa shape index (κ2) is 3.47. The van der Waals surface area contributed by atoms with Crippen molar-refractivity contribution >= 4 is 11.6 Å². The van der Waals surface area contributed by atoms with E-state index >= 15 is 0 Å². The van der Waals surface area contributed by atoms with E-state index in [0.717, 1.165) is 42.1 Å². The number of aryl methyl sites for hydroxylation is 1. The molecular formula is C13H16N2O2. The van der Waals surface area contributed by atoms with Crippen LogP contribution >= 0.6 is 0 Å². The van der Waals surface area contributed by atoms with E-state index in [1.807, 2.05) is 19.1 Å². The van der Waals surface area contributed by atoms with Crippen molar-refractivity contribution in [1.29, 1.82) is 0 Å². The third kappa shape index (κ3) is 1.30. The number of amides is 1. The molecule has 17 heavy (non-hydrogen) atoms. The predicted molar refractivity (Wildman–Crippen MR) is 65.5 cm³/mol. The highest BCUT2D eigenvalue weighted by atomic mass is 16.5. The minimum Gasteiger partial charge on any atom is -0.497 e. The van der Waals surface area contributed by atoms with Crippen molar-refractivity contribution < 1.29 is 9.53 Å². The Kier molecular flexibility index (Phi) is 2.16. The largest absolute Gasteiger partial charge is 0.497 e. The van der Waals surface area contributed by atoms with Gasteiger partial charge in [0.25, 0.3) is 0 Å². The molecule has 1 fully saturated rings. The van der Waals surface area contributed by atoms with Gasteiger partial charge in [0, 0.05) is 12.2 Å². The summed E-state index contributed by atoms with van der Waals surface area (Å²) in [6, 6.07) is 3.95. The van der Waals surface area contributed by atoms with Crippen LogP contribution in [0.1, 0.15) is 17.5 Å². The molecule has 0 radical (unpaired) electrons. The summed E-state index contributed by atoms with van der Waals surface area (Å²) in [5, 5.41) is 6.30. The summed E-state index contributed by atoms with van der Waals surface area (Å²) in [6.07, 6.45) is 0.860. The first kappa shape index (κ1) is 10.6. The predicted octanol–water partition coefficient (Wildman–Crippen LogP) is 1.19. The standard InChI is InChI=1S/C13H16N2O2/c1-8-5-9(17-2)6-10-11(8)15-12(16)13(10)3-4-14-7-13/h5-6,14H,3-4,7H2,1-2H3,(H,15,16). The fourth-order valence-electron chi connectivity index (χ4n) is 2.89. The van der Waals surface area contributed by atoms with Gasteiger partial charge in [-0.2, -0.15) is 0 Å². The van der Waals surface area contributed by atoms with Gasteiger partial charge in [-0.1, -0.05) is 0 Å². The van der Waals surface area contributed by atoms with Crippen LogP contribution in [0.4, 0.5) is 5.69 Å². The zero-order chi connectivity index (χ0) is 12.0. The Morgan fingerprint density at radius 2 is 2.24 bits per heavy atom. The lowest BCUT2D eigenvalue weighted by Crippen LogP contribution is -2.36. The molecule has 4 nitrogen and oxygen atoms in total. The molecule has 3 rings (SSSR count). The van der Waals surface area contributed by atoms with Crippen LogP contribution in [-0.4, -0.2) is 26.1 Å². The smallest absolute Gasteiger partial charge is 0.236 e. The summed E-state index contributed by atoms with van der Waals surface area (Å²) in [4.78, 5) is 12.2. The molecule has 2 heterocycles. The number of benzene rings is 1. The molecule has 0 aliphatic carbocycles. The molecule has 2 aliphatic rings. The van der Waals surface area contributed by atoms with Crippen molar-refractivity contribution in [3.63, 3.8) is 0 Å². The van der Waals surface area contributed by atoms with Crippen molar-refractivity contribution in [3.05, 3.63) is 23.3 Å². The first-order chi connectivity index (χ1) is 8.17. The van der Waals surface area contributed by atoms with E-state index in [-0.39, 0.29) is 11.3 Å². The lowest BCUT2D eigenvalue weighted by Gasteiger charge is -2.20. The molecule has 2 aliphatic heterocycles. The Labute approximate surface area is 100 Å². The van der Waals surface area contributed by atoms with Gasteiger partial charge in [-0.15, -0.1) is 0 Å². The molecule has 1 atom stereocenters. The van der Waals surface area contributed by atoms with E-state index in [1.54, 1.807) is 7.11 Å². The monoisotopic (exact) mass is 232 g/mol. The maximum Gasteiger partial charge on any atom is 0.236 e. The van der Waals surface area contributed by atoms with Crippen molar-refractivity contribution in [2.45, 2.75) is 18.8 Å². The van der Waals surface area contributed by atoms with E-state index in [9.17, 15) is 4.79 Å². The summed E-state index contributed by atoms with van der Waals surface area (Å²) in [7, 11) is 1.66. The second-order valence-electron chi connectivity index (χ2n) is 4.83. The van der Waals surface area contributed by atoms with Crippen LogP contribution in [0.25, 0.3) is 0 Å². The van der Waals surface area contributed by atoms with Gasteiger partial charge in [0.2, 0.25) is 5.91 Å². The molecule has 0 saturated carbocycles. The van der Waals surface area contributed by atoms with E-state index in [0.29, 0.717) is 0 Å². The Morgan fingerprint density at radius 3 is 2.88 bits per heavy atom. The Hall–Kier alpha value is -1.55. The highest BCUT2D eigenvalue weighted by molar-refractivity contribution is 6.07. The fraction of sp³-hybridized carbons (Fsp3) is 0.462. The van der Waals surface area contributed by atoms with Crippen LogP contribution in [0.3, 0.4) is 0 Å². The molecule has 1 spiro atoms. The van der Waals surface area contributed by atoms with Gasteiger partial charge in [0.15, 0.2) is 0 Å². The molecule has 4 heteroatoms.